The number of sulfonamides is 1. The molecule has 0 saturated carbocycles. The lowest BCUT2D eigenvalue weighted by atomic mass is 9.98. The Kier molecular flexibility index (Phi) is 3.48. The van der Waals surface area contributed by atoms with Crippen LogP contribution in [0.5, 0.6) is 0 Å². The van der Waals surface area contributed by atoms with Gasteiger partial charge in [-0.3, -0.25) is 9.59 Å². The lowest BCUT2D eigenvalue weighted by Crippen LogP contribution is -2.68. The van der Waals surface area contributed by atoms with Crippen LogP contribution in [0.4, 0.5) is 0 Å². The van der Waals surface area contributed by atoms with Crippen LogP contribution in [0.1, 0.15) is 40.9 Å². The van der Waals surface area contributed by atoms with Gasteiger partial charge in [0.15, 0.2) is 10.5 Å². The zero-order valence-corrected chi connectivity index (χ0v) is 13.7. The van der Waals surface area contributed by atoms with E-state index >= 15 is 0 Å². The van der Waals surface area contributed by atoms with Crippen molar-refractivity contribution in [2.45, 2.75) is 39.4 Å². The van der Waals surface area contributed by atoms with Crippen molar-refractivity contribution < 1.29 is 18.0 Å². The summed E-state index contributed by atoms with van der Waals surface area (Å²) >= 11 is 0. The molecule has 0 aromatic heterocycles. The third kappa shape index (κ3) is 2.18. The molecule has 1 amide bonds. The molecule has 1 heterocycles. The number of nitrogens with zero attached hydrogens (tertiary/aromatic N) is 1. The molecule has 1 saturated heterocycles. The molecule has 1 aliphatic rings. The van der Waals surface area contributed by atoms with Gasteiger partial charge in [0.25, 0.3) is 15.9 Å². The summed E-state index contributed by atoms with van der Waals surface area (Å²) in [5.41, 5.74) is 3.28. The fourth-order valence-electron chi connectivity index (χ4n) is 2.39. The second-order valence-electron chi connectivity index (χ2n) is 6.00. The predicted octanol–water partition coefficient (Wildman–Crippen LogP) is 1.75. The fraction of sp³-hybridized carbons (Fsp3) is 0.467. The Labute approximate surface area is 125 Å². The number of aryl methyl sites for hydroxylation is 3. The number of ketones is 1. The van der Waals surface area contributed by atoms with E-state index in [4.69, 9.17) is 0 Å². The van der Waals surface area contributed by atoms with Gasteiger partial charge >= 0.3 is 0 Å². The maximum Gasteiger partial charge on any atom is 0.259 e. The molecule has 5 nitrogen and oxygen atoms in total. The van der Waals surface area contributed by atoms with E-state index in [-0.39, 0.29) is 5.78 Å². The minimum absolute atomic E-state index is 0.358. The van der Waals surface area contributed by atoms with Crippen molar-refractivity contribution in [2.75, 3.05) is 6.54 Å². The molecule has 21 heavy (non-hydrogen) atoms. The molecule has 114 valence electrons. The lowest BCUT2D eigenvalue weighted by molar-refractivity contribution is -0.131. The van der Waals surface area contributed by atoms with Crippen LogP contribution in [0.3, 0.4) is 0 Å². The van der Waals surface area contributed by atoms with Gasteiger partial charge in [-0.2, -0.15) is 0 Å². The molecule has 0 bridgehead atoms. The molecule has 0 aliphatic carbocycles. The average Bonchev–Trinajstić information content (AvgIpc) is 2.38. The molecule has 1 aromatic rings. The first kappa shape index (κ1) is 15.7. The van der Waals surface area contributed by atoms with E-state index in [0.717, 1.165) is 16.7 Å². The van der Waals surface area contributed by atoms with Gasteiger partial charge < -0.3 is 0 Å². The van der Waals surface area contributed by atoms with Crippen LogP contribution in [0.2, 0.25) is 0 Å². The van der Waals surface area contributed by atoms with E-state index in [0.29, 0.717) is 9.87 Å². The van der Waals surface area contributed by atoms with Gasteiger partial charge in [0, 0.05) is 5.56 Å². The summed E-state index contributed by atoms with van der Waals surface area (Å²) in [5, 5.41) is 0. The number of carbonyl (C=O) groups is 2. The zero-order valence-electron chi connectivity index (χ0n) is 12.9. The standard InChI is InChI=1S/C15H19NO4S/c1-9-6-11(3)12(7-10(9)2)13(17)8-16-14(18)15(4,5)21(16,19)20/h6-7H,8H2,1-5H3. The first-order valence-corrected chi connectivity index (χ1v) is 8.12. The largest absolute Gasteiger partial charge is 0.292 e. The SMILES string of the molecule is Cc1cc(C)c(C(=O)CN2C(=O)C(C)(C)S2(=O)=O)cc1C. The maximum atomic E-state index is 12.3. The van der Waals surface area contributed by atoms with Crippen LogP contribution in [0.25, 0.3) is 0 Å². The molecule has 1 aliphatic heterocycles. The van der Waals surface area contributed by atoms with E-state index in [1.165, 1.54) is 13.8 Å². The molecule has 6 heteroatoms. The van der Waals surface area contributed by atoms with Gasteiger partial charge in [0.05, 0.1) is 0 Å². The highest BCUT2D eigenvalue weighted by molar-refractivity contribution is 7.94. The van der Waals surface area contributed by atoms with E-state index in [1.807, 2.05) is 19.9 Å². The second-order valence-corrected chi connectivity index (χ2v) is 8.41. The van der Waals surface area contributed by atoms with Crippen molar-refractivity contribution >= 4 is 21.7 Å². The Balaban J connectivity index is 2.29. The summed E-state index contributed by atoms with van der Waals surface area (Å²) in [6, 6.07) is 3.63. The molecule has 0 spiro atoms. The summed E-state index contributed by atoms with van der Waals surface area (Å²) in [7, 11) is -3.72. The van der Waals surface area contributed by atoms with Crippen LogP contribution in [0, 0.1) is 20.8 Å². The van der Waals surface area contributed by atoms with Gasteiger partial charge in [0.1, 0.15) is 6.54 Å². The topological polar surface area (TPSA) is 71.5 Å². The minimum atomic E-state index is -3.72. The summed E-state index contributed by atoms with van der Waals surface area (Å²) in [5.74, 6) is -0.889. The number of rotatable bonds is 3. The average molecular weight is 309 g/mol. The Morgan fingerprint density at radius 2 is 1.62 bits per heavy atom. The molecular formula is C15H19NO4S. The summed E-state index contributed by atoms with van der Waals surface area (Å²) < 4.78 is 23.3. The van der Waals surface area contributed by atoms with Crippen molar-refractivity contribution in [3.63, 3.8) is 0 Å². The minimum Gasteiger partial charge on any atom is -0.292 e. The highest BCUT2D eigenvalue weighted by atomic mass is 32.2. The summed E-state index contributed by atoms with van der Waals surface area (Å²) in [6.45, 7) is 7.92. The van der Waals surface area contributed by atoms with Gasteiger partial charge in [-0.1, -0.05) is 6.07 Å². The number of amides is 1. The van der Waals surface area contributed by atoms with Gasteiger partial charge in [-0.15, -0.1) is 0 Å². The molecule has 1 fully saturated rings. The summed E-state index contributed by atoms with van der Waals surface area (Å²) in [4.78, 5) is 24.2. The van der Waals surface area contributed by atoms with Gasteiger partial charge in [-0.25, -0.2) is 12.7 Å². The first-order valence-electron chi connectivity index (χ1n) is 6.68. The number of Topliss-reactive ketones (excluding diaryl/α,β-unsaturated/α-hetero) is 1. The molecular weight excluding hydrogens is 290 g/mol. The Hall–Kier alpha value is -1.69. The van der Waals surface area contributed by atoms with E-state index in [2.05, 4.69) is 0 Å². The number of hydrogen-bond acceptors (Lipinski definition) is 4. The Morgan fingerprint density at radius 3 is 2.14 bits per heavy atom. The molecule has 1 aromatic carbocycles. The summed E-state index contributed by atoms with van der Waals surface area (Å²) in [6.07, 6.45) is 0. The van der Waals surface area contributed by atoms with Crippen LogP contribution >= 0.6 is 0 Å². The molecule has 0 atom stereocenters. The van der Waals surface area contributed by atoms with E-state index in [1.54, 1.807) is 13.0 Å². The third-order valence-electron chi connectivity index (χ3n) is 4.10. The Bertz CT molecular complexity index is 747. The quantitative estimate of drug-likeness (QED) is 0.797. The van der Waals surface area contributed by atoms with Gasteiger partial charge in [-0.05, 0) is 57.4 Å². The number of carbonyl (C=O) groups excluding carboxylic acids is 2. The molecule has 0 N–H and O–H groups in total. The van der Waals surface area contributed by atoms with E-state index < -0.39 is 27.2 Å². The van der Waals surface area contributed by atoms with Crippen molar-refractivity contribution in [2.24, 2.45) is 0 Å². The molecule has 0 unspecified atom stereocenters. The second kappa shape index (κ2) is 4.66. The maximum absolute atomic E-state index is 12.3. The highest BCUT2D eigenvalue weighted by Crippen LogP contribution is 2.34. The molecule has 2 rings (SSSR count). The zero-order chi connectivity index (χ0) is 16.2. The van der Waals surface area contributed by atoms with Crippen LogP contribution < -0.4 is 0 Å². The first-order chi connectivity index (χ1) is 9.50. The highest BCUT2D eigenvalue weighted by Gasteiger charge is 2.60. The van der Waals surface area contributed by atoms with Crippen molar-refractivity contribution in [3.8, 4) is 0 Å². The fourth-order valence-corrected chi connectivity index (χ4v) is 3.87. The smallest absolute Gasteiger partial charge is 0.259 e. The van der Waals surface area contributed by atoms with Crippen molar-refractivity contribution in [1.82, 2.24) is 4.31 Å². The normalized spacial score (nSPS) is 19.3. The molecule has 0 radical (unpaired) electrons. The van der Waals surface area contributed by atoms with Crippen LogP contribution in [-0.2, 0) is 14.8 Å². The monoisotopic (exact) mass is 309 g/mol. The van der Waals surface area contributed by atoms with Crippen molar-refractivity contribution in [3.05, 3.63) is 34.4 Å². The third-order valence-corrected chi connectivity index (χ3v) is 6.44. The van der Waals surface area contributed by atoms with Crippen LogP contribution in [0.15, 0.2) is 12.1 Å². The van der Waals surface area contributed by atoms with Crippen LogP contribution in [-0.4, -0.2) is 35.7 Å². The van der Waals surface area contributed by atoms with Gasteiger partial charge in [0.2, 0.25) is 0 Å². The van der Waals surface area contributed by atoms with Crippen molar-refractivity contribution in [1.29, 1.82) is 0 Å². The number of hydrogen-bond donors (Lipinski definition) is 0. The number of benzene rings is 1. The predicted molar refractivity (Wildman–Crippen MR) is 79.7 cm³/mol. The van der Waals surface area contributed by atoms with E-state index in [9.17, 15) is 18.0 Å². The lowest BCUT2D eigenvalue weighted by Gasteiger charge is -2.42. The Morgan fingerprint density at radius 1 is 1.10 bits per heavy atom.